The fourth-order valence-corrected chi connectivity index (χ4v) is 4.38. The molecule has 3 amide bonds. The zero-order valence-electron chi connectivity index (χ0n) is 15.8. The van der Waals surface area contributed by atoms with E-state index in [9.17, 15) is 9.59 Å². The second kappa shape index (κ2) is 8.60. The number of amides is 3. The number of hydrogen-bond donors (Lipinski definition) is 1. The fraction of sp³-hybridized carbons (Fsp3) is 0.450. The lowest BCUT2D eigenvalue weighted by atomic mass is 10.1. The number of benzene rings is 1. The Morgan fingerprint density at radius 3 is 2.46 bits per heavy atom. The van der Waals surface area contributed by atoms with Crippen molar-refractivity contribution < 1.29 is 9.59 Å². The Hall–Kier alpha value is -2.61. The van der Waals surface area contributed by atoms with Gasteiger partial charge in [0.15, 0.2) is 5.13 Å². The first kappa shape index (κ1) is 18.7. The lowest BCUT2D eigenvalue weighted by Crippen LogP contribution is -2.50. The molecule has 4 rings (SSSR count). The van der Waals surface area contributed by atoms with E-state index in [1.54, 1.807) is 23.6 Å². The van der Waals surface area contributed by atoms with Crippen LogP contribution in [0.2, 0.25) is 0 Å². The van der Waals surface area contributed by atoms with Gasteiger partial charge >= 0.3 is 6.03 Å². The maximum absolute atomic E-state index is 12.7. The number of nitrogens with zero attached hydrogens (tertiary/aromatic N) is 4. The van der Waals surface area contributed by atoms with Crippen molar-refractivity contribution in [3.63, 3.8) is 0 Å². The smallest absolute Gasteiger partial charge is 0.321 e. The number of piperazine rings is 1. The van der Waals surface area contributed by atoms with E-state index < -0.39 is 0 Å². The van der Waals surface area contributed by atoms with Crippen LogP contribution in [-0.4, -0.2) is 66.0 Å². The van der Waals surface area contributed by atoms with Crippen molar-refractivity contribution in [3.05, 3.63) is 41.4 Å². The molecule has 8 heteroatoms. The predicted molar refractivity (Wildman–Crippen MR) is 111 cm³/mol. The van der Waals surface area contributed by atoms with Gasteiger partial charge in [0.05, 0.1) is 0 Å². The van der Waals surface area contributed by atoms with Crippen molar-refractivity contribution in [1.82, 2.24) is 14.8 Å². The zero-order valence-corrected chi connectivity index (χ0v) is 16.7. The lowest BCUT2D eigenvalue weighted by molar-refractivity contribution is 0.0724. The predicted octanol–water partition coefficient (Wildman–Crippen LogP) is 3.12. The highest BCUT2D eigenvalue weighted by atomic mass is 32.1. The van der Waals surface area contributed by atoms with Gasteiger partial charge in [-0.3, -0.25) is 4.79 Å². The van der Waals surface area contributed by atoms with Crippen LogP contribution in [-0.2, 0) is 0 Å². The monoisotopic (exact) mass is 399 g/mol. The Morgan fingerprint density at radius 1 is 0.964 bits per heavy atom. The van der Waals surface area contributed by atoms with Gasteiger partial charge in [-0.1, -0.05) is 6.07 Å². The first-order valence-corrected chi connectivity index (χ1v) is 10.7. The summed E-state index contributed by atoms with van der Waals surface area (Å²) in [6.07, 6.45) is 5.12. The zero-order chi connectivity index (χ0) is 19.3. The molecule has 3 heterocycles. The number of anilines is 2. The molecular weight excluding hydrogens is 374 g/mol. The van der Waals surface area contributed by atoms with Crippen molar-refractivity contribution in [2.75, 3.05) is 49.5 Å². The topological polar surface area (TPSA) is 68.8 Å². The van der Waals surface area contributed by atoms with E-state index in [0.717, 1.165) is 44.2 Å². The summed E-state index contributed by atoms with van der Waals surface area (Å²) in [5.74, 6) is 0.0489. The van der Waals surface area contributed by atoms with Gasteiger partial charge in [-0.05, 0) is 37.5 Å². The van der Waals surface area contributed by atoms with E-state index in [-0.39, 0.29) is 11.9 Å². The Balaban J connectivity index is 1.34. The van der Waals surface area contributed by atoms with Crippen molar-refractivity contribution in [3.8, 4) is 0 Å². The molecule has 0 aliphatic carbocycles. The van der Waals surface area contributed by atoms with Gasteiger partial charge in [-0.2, -0.15) is 0 Å². The van der Waals surface area contributed by atoms with Crippen LogP contribution in [0.15, 0.2) is 35.8 Å². The van der Waals surface area contributed by atoms with Crippen LogP contribution in [0, 0.1) is 0 Å². The Labute approximate surface area is 169 Å². The van der Waals surface area contributed by atoms with Crippen LogP contribution in [0.5, 0.6) is 0 Å². The minimum Gasteiger partial charge on any atom is -0.345 e. The largest absolute Gasteiger partial charge is 0.345 e. The molecule has 0 radical (unpaired) electrons. The summed E-state index contributed by atoms with van der Waals surface area (Å²) in [6, 6.07) is 7.13. The molecule has 1 N–H and O–H groups in total. The Kier molecular flexibility index (Phi) is 5.76. The molecular formula is C20H25N5O2S. The highest BCUT2D eigenvalue weighted by Crippen LogP contribution is 2.20. The molecule has 0 bridgehead atoms. The third-order valence-corrected chi connectivity index (χ3v) is 6.09. The molecule has 0 atom stereocenters. The highest BCUT2D eigenvalue weighted by Gasteiger charge is 2.23. The third kappa shape index (κ3) is 4.27. The molecule has 0 spiro atoms. The first-order chi connectivity index (χ1) is 13.7. The average Bonchev–Trinajstić information content (AvgIpc) is 3.29. The number of thiazole rings is 1. The van der Waals surface area contributed by atoms with Crippen molar-refractivity contribution in [2.24, 2.45) is 0 Å². The van der Waals surface area contributed by atoms with Gasteiger partial charge in [0.2, 0.25) is 0 Å². The van der Waals surface area contributed by atoms with E-state index in [2.05, 4.69) is 15.2 Å². The van der Waals surface area contributed by atoms with Crippen molar-refractivity contribution in [2.45, 2.75) is 19.3 Å². The van der Waals surface area contributed by atoms with Gasteiger partial charge in [-0.25, -0.2) is 9.78 Å². The number of rotatable bonds is 3. The molecule has 28 heavy (non-hydrogen) atoms. The normalized spacial score (nSPS) is 17.5. The number of nitrogens with one attached hydrogen (secondary N) is 1. The van der Waals surface area contributed by atoms with Crippen LogP contribution >= 0.6 is 11.3 Å². The van der Waals surface area contributed by atoms with Crippen LogP contribution in [0.1, 0.15) is 29.6 Å². The quantitative estimate of drug-likeness (QED) is 0.861. The summed E-state index contributed by atoms with van der Waals surface area (Å²) < 4.78 is 0. The number of aromatic nitrogens is 1. The highest BCUT2D eigenvalue weighted by molar-refractivity contribution is 7.13. The van der Waals surface area contributed by atoms with Crippen LogP contribution in [0.3, 0.4) is 0 Å². The van der Waals surface area contributed by atoms with Crippen LogP contribution in [0.4, 0.5) is 15.6 Å². The number of likely N-dealkylation sites (tertiary alicyclic amines) is 1. The Bertz CT molecular complexity index is 812. The number of carbonyl (C=O) groups is 2. The van der Waals surface area contributed by atoms with Crippen molar-refractivity contribution >= 4 is 34.1 Å². The molecule has 2 saturated heterocycles. The van der Waals surface area contributed by atoms with Gasteiger partial charge < -0.3 is 20.0 Å². The van der Waals surface area contributed by atoms with E-state index in [1.165, 1.54) is 6.42 Å². The van der Waals surface area contributed by atoms with Gasteiger partial charge in [-0.15, -0.1) is 11.3 Å². The van der Waals surface area contributed by atoms with E-state index >= 15 is 0 Å². The number of carbonyl (C=O) groups excluding carboxylic acids is 2. The second-order valence-corrected chi connectivity index (χ2v) is 8.03. The maximum atomic E-state index is 12.7. The summed E-state index contributed by atoms with van der Waals surface area (Å²) in [7, 11) is 0. The minimum absolute atomic E-state index is 0.0489. The van der Waals surface area contributed by atoms with Gasteiger partial charge in [0.25, 0.3) is 5.91 Å². The second-order valence-electron chi connectivity index (χ2n) is 7.15. The minimum atomic E-state index is -0.124. The first-order valence-electron chi connectivity index (χ1n) is 9.80. The summed E-state index contributed by atoms with van der Waals surface area (Å²) >= 11 is 1.62. The van der Waals surface area contributed by atoms with E-state index in [4.69, 9.17) is 0 Å². The Morgan fingerprint density at radius 2 is 1.75 bits per heavy atom. The number of urea groups is 1. The summed E-state index contributed by atoms with van der Waals surface area (Å²) in [5.41, 5.74) is 1.29. The molecule has 7 nitrogen and oxygen atoms in total. The summed E-state index contributed by atoms with van der Waals surface area (Å²) in [5, 5.41) is 5.91. The third-order valence-electron chi connectivity index (χ3n) is 5.26. The molecule has 2 aliphatic heterocycles. The van der Waals surface area contributed by atoms with Gasteiger partial charge in [0, 0.05) is 62.1 Å². The molecule has 148 valence electrons. The molecule has 1 aromatic carbocycles. The summed E-state index contributed by atoms with van der Waals surface area (Å²) in [6.45, 7) is 4.48. The lowest BCUT2D eigenvalue weighted by Gasteiger charge is -2.34. The van der Waals surface area contributed by atoms with Crippen LogP contribution in [0.25, 0.3) is 0 Å². The van der Waals surface area contributed by atoms with Crippen molar-refractivity contribution in [1.29, 1.82) is 0 Å². The maximum Gasteiger partial charge on any atom is 0.321 e. The standard InChI is InChI=1S/C20H25N5O2S/c26-18(23-8-2-1-3-9-23)16-5-4-6-17(15-16)22-19(27)24-10-12-25(13-11-24)20-21-7-14-28-20/h4-7,14-15H,1-3,8-13H2,(H,22,27). The SMILES string of the molecule is O=C(Nc1cccc(C(=O)N2CCCCC2)c1)N1CCN(c2nccs2)CC1. The summed E-state index contributed by atoms with van der Waals surface area (Å²) in [4.78, 5) is 35.6. The fourth-order valence-electron chi connectivity index (χ4n) is 3.69. The molecule has 2 aromatic rings. The average molecular weight is 400 g/mol. The van der Waals surface area contributed by atoms with Gasteiger partial charge in [0.1, 0.15) is 0 Å². The molecule has 2 fully saturated rings. The van der Waals surface area contributed by atoms with E-state index in [0.29, 0.717) is 24.3 Å². The number of piperidine rings is 1. The number of hydrogen-bond acceptors (Lipinski definition) is 5. The molecule has 0 saturated carbocycles. The molecule has 2 aliphatic rings. The molecule has 0 unspecified atom stereocenters. The molecule has 1 aromatic heterocycles. The van der Waals surface area contributed by atoms with Crippen LogP contribution < -0.4 is 10.2 Å². The van der Waals surface area contributed by atoms with E-state index in [1.807, 2.05) is 33.4 Å².